The molecule has 0 aliphatic carbocycles. The summed E-state index contributed by atoms with van der Waals surface area (Å²) >= 11 is 0. The molecule has 0 aromatic rings. The molecule has 0 aromatic carbocycles. The van der Waals surface area contributed by atoms with Gasteiger partial charge in [0, 0.05) is 13.1 Å². The second kappa shape index (κ2) is 5.47. The average Bonchev–Trinajstić information content (AvgIpc) is 1.98. The van der Waals surface area contributed by atoms with Gasteiger partial charge in [-0.1, -0.05) is 0 Å². The third-order valence-electron chi connectivity index (χ3n) is 2.22. The van der Waals surface area contributed by atoms with Gasteiger partial charge in [0.25, 0.3) is 0 Å². The number of ether oxygens (including phenoxy) is 2. The van der Waals surface area contributed by atoms with Crippen LogP contribution in [0.3, 0.4) is 0 Å². The Balaban J connectivity index is 2.34. The molecule has 4 nitrogen and oxygen atoms in total. The quantitative estimate of drug-likeness (QED) is 0.660. The first-order valence-electron chi connectivity index (χ1n) is 5.54. The summed E-state index contributed by atoms with van der Waals surface area (Å²) in [4.78, 5) is 13.5. The summed E-state index contributed by atoms with van der Waals surface area (Å²) in [6.45, 7) is 9.75. The minimum absolute atomic E-state index is 0.0339. The molecule has 1 aliphatic heterocycles. The van der Waals surface area contributed by atoms with Crippen LogP contribution in [0.2, 0.25) is 0 Å². The molecule has 0 unspecified atom stereocenters. The zero-order valence-corrected chi connectivity index (χ0v) is 10.0. The van der Waals surface area contributed by atoms with Crippen molar-refractivity contribution in [1.82, 2.24) is 4.90 Å². The van der Waals surface area contributed by atoms with E-state index in [9.17, 15) is 4.79 Å². The maximum atomic E-state index is 11.4. The number of carbonyl (C=O) groups is 1. The number of carbonyl (C=O) groups excluding carboxylic acids is 1. The van der Waals surface area contributed by atoms with Crippen molar-refractivity contribution in [1.29, 1.82) is 0 Å². The topological polar surface area (TPSA) is 38.8 Å². The molecule has 1 saturated heterocycles. The van der Waals surface area contributed by atoms with Gasteiger partial charge in [0.05, 0.1) is 24.9 Å². The number of nitrogens with zero attached hydrogens (tertiary/aromatic N) is 1. The van der Waals surface area contributed by atoms with Gasteiger partial charge in [-0.2, -0.15) is 0 Å². The van der Waals surface area contributed by atoms with Gasteiger partial charge in [-0.3, -0.25) is 9.69 Å². The molecule has 0 saturated carbocycles. The maximum absolute atomic E-state index is 11.4. The van der Waals surface area contributed by atoms with Crippen molar-refractivity contribution in [3.8, 4) is 0 Å². The van der Waals surface area contributed by atoms with Gasteiger partial charge in [-0.15, -0.1) is 0 Å². The molecular formula is C11H21NO3. The molecule has 0 radical (unpaired) electrons. The van der Waals surface area contributed by atoms with Crippen molar-refractivity contribution < 1.29 is 14.3 Å². The summed E-state index contributed by atoms with van der Waals surface area (Å²) in [5.41, 5.74) is 0. The minimum atomic E-state index is -0.147. The van der Waals surface area contributed by atoms with Crippen LogP contribution in [0.1, 0.15) is 27.7 Å². The predicted molar refractivity (Wildman–Crippen MR) is 57.7 cm³/mol. The normalized spacial score (nSPS) is 28.1. The molecule has 2 atom stereocenters. The fourth-order valence-corrected chi connectivity index (χ4v) is 1.90. The smallest absolute Gasteiger partial charge is 0.320 e. The van der Waals surface area contributed by atoms with E-state index in [-0.39, 0.29) is 24.3 Å². The number of esters is 1. The van der Waals surface area contributed by atoms with Gasteiger partial charge < -0.3 is 9.47 Å². The van der Waals surface area contributed by atoms with E-state index in [1.165, 1.54) is 0 Å². The maximum Gasteiger partial charge on any atom is 0.320 e. The van der Waals surface area contributed by atoms with Gasteiger partial charge in [-0.05, 0) is 27.7 Å². The van der Waals surface area contributed by atoms with Gasteiger partial charge in [0.15, 0.2) is 0 Å². The standard InChI is InChI=1S/C11H21NO3/c1-8(2)14-11(13)7-12-5-9(3)15-10(4)6-12/h8-10H,5-7H2,1-4H3/t9-,10+. The Morgan fingerprint density at radius 1 is 1.40 bits per heavy atom. The highest BCUT2D eigenvalue weighted by Gasteiger charge is 2.24. The lowest BCUT2D eigenvalue weighted by molar-refractivity contribution is -0.151. The van der Waals surface area contributed by atoms with E-state index in [2.05, 4.69) is 4.90 Å². The second-order valence-electron chi connectivity index (χ2n) is 4.49. The number of morpholine rings is 1. The Kier molecular flexibility index (Phi) is 4.54. The first-order valence-corrected chi connectivity index (χ1v) is 5.54. The molecule has 0 spiro atoms. The van der Waals surface area contributed by atoms with E-state index >= 15 is 0 Å². The number of rotatable bonds is 3. The van der Waals surface area contributed by atoms with Gasteiger partial charge in [0.1, 0.15) is 0 Å². The second-order valence-corrected chi connectivity index (χ2v) is 4.49. The monoisotopic (exact) mass is 215 g/mol. The van der Waals surface area contributed by atoms with Gasteiger partial charge in [-0.25, -0.2) is 0 Å². The lowest BCUT2D eigenvalue weighted by Gasteiger charge is -2.34. The molecule has 0 amide bonds. The van der Waals surface area contributed by atoms with Crippen LogP contribution in [0, 0.1) is 0 Å². The molecule has 1 fully saturated rings. The highest BCUT2D eigenvalue weighted by Crippen LogP contribution is 2.10. The molecule has 1 aliphatic rings. The first-order chi connectivity index (χ1) is 6.97. The van der Waals surface area contributed by atoms with E-state index in [1.807, 2.05) is 27.7 Å². The molecule has 0 N–H and O–H groups in total. The van der Waals surface area contributed by atoms with Crippen LogP contribution in [-0.4, -0.2) is 48.8 Å². The van der Waals surface area contributed by atoms with Crippen LogP contribution in [0.4, 0.5) is 0 Å². The third-order valence-corrected chi connectivity index (χ3v) is 2.22. The summed E-state index contributed by atoms with van der Waals surface area (Å²) in [5, 5.41) is 0. The highest BCUT2D eigenvalue weighted by molar-refractivity contribution is 5.71. The highest BCUT2D eigenvalue weighted by atomic mass is 16.5. The summed E-state index contributed by atoms with van der Waals surface area (Å²) in [5.74, 6) is -0.147. The van der Waals surface area contributed by atoms with Crippen molar-refractivity contribution in [3.05, 3.63) is 0 Å². The lowest BCUT2D eigenvalue weighted by atomic mass is 10.2. The van der Waals surface area contributed by atoms with Crippen molar-refractivity contribution >= 4 is 5.97 Å². The molecule has 15 heavy (non-hydrogen) atoms. The Bertz CT molecular complexity index is 208. The van der Waals surface area contributed by atoms with E-state index in [0.717, 1.165) is 13.1 Å². The van der Waals surface area contributed by atoms with E-state index < -0.39 is 0 Å². The molecule has 0 aromatic heterocycles. The average molecular weight is 215 g/mol. The Morgan fingerprint density at radius 3 is 2.40 bits per heavy atom. The Hall–Kier alpha value is -0.610. The minimum Gasteiger partial charge on any atom is -0.462 e. The predicted octanol–water partition coefficient (Wildman–Crippen LogP) is 1.05. The molecule has 0 bridgehead atoms. The fourth-order valence-electron chi connectivity index (χ4n) is 1.90. The molecule has 88 valence electrons. The van der Waals surface area contributed by atoms with E-state index in [0.29, 0.717) is 6.54 Å². The van der Waals surface area contributed by atoms with Crippen LogP contribution < -0.4 is 0 Å². The van der Waals surface area contributed by atoms with Crippen LogP contribution in [0.15, 0.2) is 0 Å². The summed E-state index contributed by atoms with van der Waals surface area (Å²) < 4.78 is 10.7. The lowest BCUT2D eigenvalue weighted by Crippen LogP contribution is -2.47. The third kappa shape index (κ3) is 4.62. The molecular weight excluding hydrogens is 194 g/mol. The summed E-state index contributed by atoms with van der Waals surface area (Å²) in [6.07, 6.45) is 0.356. The van der Waals surface area contributed by atoms with Crippen molar-refractivity contribution in [2.24, 2.45) is 0 Å². The van der Waals surface area contributed by atoms with Crippen LogP contribution >= 0.6 is 0 Å². The van der Waals surface area contributed by atoms with Crippen molar-refractivity contribution in [3.63, 3.8) is 0 Å². The van der Waals surface area contributed by atoms with Crippen LogP contribution in [0.5, 0.6) is 0 Å². The van der Waals surface area contributed by atoms with E-state index in [4.69, 9.17) is 9.47 Å². The number of hydrogen-bond acceptors (Lipinski definition) is 4. The molecule has 1 heterocycles. The van der Waals surface area contributed by atoms with E-state index in [1.54, 1.807) is 0 Å². The van der Waals surface area contributed by atoms with Crippen LogP contribution in [0.25, 0.3) is 0 Å². The largest absolute Gasteiger partial charge is 0.462 e. The first kappa shape index (κ1) is 12.5. The van der Waals surface area contributed by atoms with Crippen molar-refractivity contribution in [2.45, 2.75) is 46.0 Å². The van der Waals surface area contributed by atoms with Gasteiger partial charge >= 0.3 is 5.97 Å². The van der Waals surface area contributed by atoms with Crippen molar-refractivity contribution in [2.75, 3.05) is 19.6 Å². The Morgan fingerprint density at radius 2 is 1.93 bits per heavy atom. The Labute approximate surface area is 91.5 Å². The number of hydrogen-bond donors (Lipinski definition) is 0. The summed E-state index contributed by atoms with van der Waals surface area (Å²) in [6, 6.07) is 0. The van der Waals surface area contributed by atoms with Crippen LogP contribution in [-0.2, 0) is 14.3 Å². The summed E-state index contributed by atoms with van der Waals surface area (Å²) in [7, 11) is 0. The zero-order chi connectivity index (χ0) is 11.4. The molecule has 1 rings (SSSR count). The molecule has 4 heteroatoms. The SMILES string of the molecule is CC(C)OC(=O)CN1C[C@@H](C)O[C@@H](C)C1. The fraction of sp³-hybridized carbons (Fsp3) is 0.909. The van der Waals surface area contributed by atoms with Gasteiger partial charge in [0.2, 0.25) is 0 Å². The zero-order valence-electron chi connectivity index (χ0n) is 10.0.